The van der Waals surface area contributed by atoms with Crippen LogP contribution in [0.3, 0.4) is 0 Å². The van der Waals surface area contributed by atoms with E-state index >= 15 is 0 Å². The molecule has 18 heavy (non-hydrogen) atoms. The molecule has 4 nitrogen and oxygen atoms in total. The summed E-state index contributed by atoms with van der Waals surface area (Å²) in [5, 5.41) is 0. The van der Waals surface area contributed by atoms with E-state index in [4.69, 9.17) is 11.6 Å². The topological polar surface area (TPSA) is 69.9 Å². The Morgan fingerprint density at radius 1 is 1.11 bits per heavy atom. The minimum atomic E-state index is 0.526. The number of aryl methyl sites for hydroxylation is 4. The average Bonchev–Trinajstić information content (AvgIpc) is 2.61. The smallest absolute Gasteiger partial charge is 0.150 e. The number of nitrogen functional groups attached to an aromatic ring is 2. The lowest BCUT2D eigenvalue weighted by atomic mass is 9.99. The van der Waals surface area contributed by atoms with Crippen molar-refractivity contribution in [3.8, 4) is 11.3 Å². The predicted molar refractivity (Wildman–Crippen MR) is 75.8 cm³/mol. The monoisotopic (exact) mass is 244 g/mol. The number of nitrogens with zero attached hydrogens (tertiary/aromatic N) is 2. The fraction of sp³-hybridized carbons (Fsp3) is 0.357. The van der Waals surface area contributed by atoms with Crippen molar-refractivity contribution in [2.75, 3.05) is 11.6 Å². The SMILES string of the molecule is CCc1nc(-c2cc(C)c(C)cc2C)c(N)n1N. The summed E-state index contributed by atoms with van der Waals surface area (Å²) in [6.45, 7) is 8.29. The van der Waals surface area contributed by atoms with E-state index in [-0.39, 0.29) is 0 Å². The molecular formula is C14H20N4. The van der Waals surface area contributed by atoms with Crippen molar-refractivity contribution in [2.45, 2.75) is 34.1 Å². The molecule has 0 aliphatic rings. The van der Waals surface area contributed by atoms with Gasteiger partial charge >= 0.3 is 0 Å². The molecule has 1 aromatic heterocycles. The highest BCUT2D eigenvalue weighted by Crippen LogP contribution is 2.30. The largest absolute Gasteiger partial charge is 0.382 e. The number of aromatic nitrogens is 2. The first-order chi connectivity index (χ1) is 8.45. The third-order valence-corrected chi connectivity index (χ3v) is 3.43. The summed E-state index contributed by atoms with van der Waals surface area (Å²) in [6.07, 6.45) is 0.768. The molecule has 0 radical (unpaired) electrons. The van der Waals surface area contributed by atoms with Gasteiger partial charge in [-0.2, -0.15) is 0 Å². The fourth-order valence-corrected chi connectivity index (χ4v) is 2.16. The maximum Gasteiger partial charge on any atom is 0.150 e. The highest BCUT2D eigenvalue weighted by atomic mass is 15.4. The van der Waals surface area contributed by atoms with Crippen LogP contribution in [0.1, 0.15) is 29.4 Å². The normalized spacial score (nSPS) is 10.9. The maximum absolute atomic E-state index is 6.04. The number of imidazole rings is 1. The van der Waals surface area contributed by atoms with Crippen LogP contribution in [0.25, 0.3) is 11.3 Å². The Hall–Kier alpha value is -1.97. The Kier molecular flexibility index (Phi) is 3.03. The van der Waals surface area contributed by atoms with Gasteiger partial charge in [0.05, 0.1) is 0 Å². The van der Waals surface area contributed by atoms with E-state index < -0.39 is 0 Å². The number of nitrogens with two attached hydrogens (primary N) is 2. The molecule has 1 aromatic carbocycles. The lowest BCUT2D eigenvalue weighted by molar-refractivity contribution is 0.865. The Labute approximate surface area is 108 Å². The van der Waals surface area contributed by atoms with Crippen LogP contribution in [-0.4, -0.2) is 9.66 Å². The second-order valence-electron chi connectivity index (χ2n) is 4.74. The summed E-state index contributed by atoms with van der Waals surface area (Å²) in [4.78, 5) is 4.54. The van der Waals surface area contributed by atoms with E-state index in [2.05, 4.69) is 37.9 Å². The molecule has 4 heteroatoms. The molecule has 0 bridgehead atoms. The minimum Gasteiger partial charge on any atom is -0.382 e. The Bertz CT molecular complexity index is 596. The fourth-order valence-electron chi connectivity index (χ4n) is 2.16. The summed E-state index contributed by atoms with van der Waals surface area (Å²) in [6, 6.07) is 4.29. The maximum atomic E-state index is 6.04. The number of anilines is 1. The second-order valence-corrected chi connectivity index (χ2v) is 4.74. The summed E-state index contributed by atoms with van der Waals surface area (Å²) in [5.74, 6) is 7.23. The van der Waals surface area contributed by atoms with E-state index in [0.29, 0.717) is 5.82 Å². The molecule has 0 atom stereocenters. The number of rotatable bonds is 2. The molecule has 0 saturated carbocycles. The molecule has 0 fully saturated rings. The quantitative estimate of drug-likeness (QED) is 0.797. The number of hydrogen-bond donors (Lipinski definition) is 2. The zero-order chi connectivity index (χ0) is 13.4. The van der Waals surface area contributed by atoms with Crippen molar-refractivity contribution in [2.24, 2.45) is 0 Å². The van der Waals surface area contributed by atoms with Crippen LogP contribution in [0.2, 0.25) is 0 Å². The van der Waals surface area contributed by atoms with Crippen molar-refractivity contribution in [1.29, 1.82) is 0 Å². The Morgan fingerprint density at radius 3 is 2.28 bits per heavy atom. The zero-order valence-corrected chi connectivity index (χ0v) is 11.4. The van der Waals surface area contributed by atoms with Crippen LogP contribution >= 0.6 is 0 Å². The van der Waals surface area contributed by atoms with Crippen LogP contribution in [0.4, 0.5) is 5.82 Å². The van der Waals surface area contributed by atoms with Crippen LogP contribution < -0.4 is 11.6 Å². The summed E-state index contributed by atoms with van der Waals surface area (Å²) in [5.41, 5.74) is 11.6. The Balaban J connectivity index is 2.66. The van der Waals surface area contributed by atoms with Crippen LogP contribution in [0.15, 0.2) is 12.1 Å². The number of benzene rings is 1. The number of hydrogen-bond acceptors (Lipinski definition) is 3. The van der Waals surface area contributed by atoms with Gasteiger partial charge in [0.15, 0.2) is 5.82 Å². The van der Waals surface area contributed by atoms with Gasteiger partial charge in [-0.25, -0.2) is 9.66 Å². The van der Waals surface area contributed by atoms with E-state index in [0.717, 1.165) is 23.5 Å². The van der Waals surface area contributed by atoms with Crippen LogP contribution in [0, 0.1) is 20.8 Å². The third kappa shape index (κ3) is 1.83. The molecule has 0 amide bonds. The molecular weight excluding hydrogens is 224 g/mol. The van der Waals surface area contributed by atoms with Crippen molar-refractivity contribution in [1.82, 2.24) is 9.66 Å². The molecule has 0 spiro atoms. The standard InChI is InChI=1S/C14H20N4/c1-5-12-17-13(14(15)18(12)16)11-7-9(3)8(2)6-10(11)4/h6-7H,5,15-16H2,1-4H3. The van der Waals surface area contributed by atoms with Gasteiger partial charge in [0.1, 0.15) is 11.5 Å². The van der Waals surface area contributed by atoms with Gasteiger partial charge in [0, 0.05) is 12.0 Å². The van der Waals surface area contributed by atoms with Gasteiger partial charge in [-0.1, -0.05) is 13.0 Å². The summed E-state index contributed by atoms with van der Waals surface area (Å²) < 4.78 is 1.48. The third-order valence-electron chi connectivity index (χ3n) is 3.43. The first kappa shape index (κ1) is 12.5. The average molecular weight is 244 g/mol. The van der Waals surface area contributed by atoms with E-state index in [1.165, 1.54) is 21.4 Å². The Morgan fingerprint density at radius 2 is 1.72 bits per heavy atom. The summed E-state index contributed by atoms with van der Waals surface area (Å²) in [7, 11) is 0. The van der Waals surface area contributed by atoms with E-state index in [1.54, 1.807) is 0 Å². The first-order valence-electron chi connectivity index (χ1n) is 6.16. The summed E-state index contributed by atoms with van der Waals surface area (Å²) >= 11 is 0. The van der Waals surface area contributed by atoms with Crippen molar-refractivity contribution >= 4 is 5.82 Å². The second kappa shape index (κ2) is 4.37. The lowest BCUT2D eigenvalue weighted by Gasteiger charge is -2.08. The highest BCUT2D eigenvalue weighted by molar-refractivity contribution is 5.74. The molecule has 4 N–H and O–H groups in total. The predicted octanol–water partition coefficient (Wildman–Crippen LogP) is 2.33. The van der Waals surface area contributed by atoms with Gasteiger partial charge in [0.25, 0.3) is 0 Å². The van der Waals surface area contributed by atoms with Gasteiger partial charge in [-0.15, -0.1) is 0 Å². The molecule has 2 aromatic rings. The van der Waals surface area contributed by atoms with E-state index in [1.807, 2.05) is 6.92 Å². The zero-order valence-electron chi connectivity index (χ0n) is 11.4. The molecule has 0 unspecified atom stereocenters. The van der Waals surface area contributed by atoms with Gasteiger partial charge in [-0.05, 0) is 43.5 Å². The van der Waals surface area contributed by atoms with Crippen LogP contribution in [-0.2, 0) is 6.42 Å². The highest BCUT2D eigenvalue weighted by Gasteiger charge is 2.15. The van der Waals surface area contributed by atoms with Gasteiger partial charge in [-0.3, -0.25) is 0 Å². The van der Waals surface area contributed by atoms with Crippen molar-refractivity contribution in [3.05, 3.63) is 34.6 Å². The lowest BCUT2D eigenvalue weighted by Crippen LogP contribution is -2.14. The molecule has 0 aliphatic carbocycles. The molecule has 96 valence electrons. The van der Waals surface area contributed by atoms with Gasteiger partial charge < -0.3 is 11.6 Å². The first-order valence-corrected chi connectivity index (χ1v) is 6.16. The van der Waals surface area contributed by atoms with E-state index in [9.17, 15) is 0 Å². The van der Waals surface area contributed by atoms with Crippen LogP contribution in [0.5, 0.6) is 0 Å². The van der Waals surface area contributed by atoms with Gasteiger partial charge in [0.2, 0.25) is 0 Å². The molecule has 0 saturated heterocycles. The molecule has 1 heterocycles. The minimum absolute atomic E-state index is 0.526. The molecule has 0 aliphatic heterocycles. The molecule has 2 rings (SSSR count). The van der Waals surface area contributed by atoms with Crippen molar-refractivity contribution in [3.63, 3.8) is 0 Å². The van der Waals surface area contributed by atoms with Crippen molar-refractivity contribution < 1.29 is 0 Å².